The minimum absolute atomic E-state index is 0.0410. The normalized spacial score (nSPS) is 12.3. The van der Waals surface area contributed by atoms with Crippen LogP contribution in [0.1, 0.15) is 0 Å². The van der Waals surface area contributed by atoms with Crippen LogP contribution < -0.4 is 11.5 Å². The van der Waals surface area contributed by atoms with E-state index in [1.165, 1.54) is 24.3 Å². The Morgan fingerprint density at radius 3 is 1.95 bits per heavy atom. The minimum Gasteiger partial charge on any atom is -0.399 e. The topological polar surface area (TPSA) is 161 Å². The highest BCUT2D eigenvalue weighted by molar-refractivity contribution is 7.86. The van der Waals surface area contributed by atoms with Gasteiger partial charge < -0.3 is 11.5 Å². The van der Waals surface area contributed by atoms with Crippen LogP contribution in [0.2, 0.25) is 0 Å². The fraction of sp³-hybridized carbons (Fsp3) is 0. The summed E-state index contributed by atoms with van der Waals surface area (Å²) in [6, 6.07) is 7.14. The minimum atomic E-state index is -4.70. The molecule has 0 heterocycles. The van der Waals surface area contributed by atoms with Crippen LogP contribution >= 0.6 is 0 Å². The summed E-state index contributed by atoms with van der Waals surface area (Å²) < 4.78 is 64.5. The van der Waals surface area contributed by atoms with Gasteiger partial charge in [0.15, 0.2) is 0 Å². The third-order valence-electron chi connectivity index (χ3n) is 2.89. The van der Waals surface area contributed by atoms with Gasteiger partial charge in [0.05, 0.1) is 0 Å². The summed E-state index contributed by atoms with van der Waals surface area (Å²) in [7, 11) is -9.36. The van der Waals surface area contributed by atoms with E-state index in [2.05, 4.69) is 0 Å². The van der Waals surface area contributed by atoms with Crippen molar-refractivity contribution in [3.8, 4) is 11.1 Å². The first-order valence-electron chi connectivity index (χ1n) is 5.75. The summed E-state index contributed by atoms with van der Waals surface area (Å²) in [5.74, 6) is 0. The van der Waals surface area contributed by atoms with Crippen molar-refractivity contribution in [1.82, 2.24) is 0 Å². The summed E-state index contributed by atoms with van der Waals surface area (Å²) in [5, 5.41) is 0. The van der Waals surface area contributed by atoms with E-state index >= 15 is 0 Å². The van der Waals surface area contributed by atoms with Crippen LogP contribution in [0.5, 0.6) is 0 Å². The van der Waals surface area contributed by atoms with Crippen molar-refractivity contribution in [3.63, 3.8) is 0 Å². The molecule has 8 nitrogen and oxygen atoms in total. The number of hydrogen-bond acceptors (Lipinski definition) is 6. The van der Waals surface area contributed by atoms with E-state index in [1.54, 1.807) is 0 Å². The average Bonchev–Trinajstić information content (AvgIpc) is 2.37. The molecule has 0 aliphatic heterocycles. The molecule has 0 spiro atoms. The van der Waals surface area contributed by atoms with Gasteiger partial charge in [-0.2, -0.15) is 16.8 Å². The molecule has 0 saturated carbocycles. The van der Waals surface area contributed by atoms with Gasteiger partial charge >= 0.3 is 0 Å². The molecule has 0 atom stereocenters. The highest BCUT2D eigenvalue weighted by atomic mass is 32.2. The number of nitrogen functional groups attached to an aromatic ring is 2. The van der Waals surface area contributed by atoms with Crippen LogP contribution in [0.25, 0.3) is 11.1 Å². The molecule has 6 N–H and O–H groups in total. The smallest absolute Gasteiger partial charge is 0.295 e. The van der Waals surface area contributed by atoms with E-state index in [0.29, 0.717) is 0 Å². The van der Waals surface area contributed by atoms with Gasteiger partial charge in [-0.3, -0.25) is 9.11 Å². The van der Waals surface area contributed by atoms with Crippen molar-refractivity contribution in [2.45, 2.75) is 9.79 Å². The van der Waals surface area contributed by atoms with E-state index in [4.69, 9.17) is 11.5 Å². The summed E-state index contributed by atoms with van der Waals surface area (Å²) in [6.45, 7) is 0. The molecular formula is C12H12N2O6S2. The molecule has 2 aromatic carbocycles. The second-order valence-electron chi connectivity index (χ2n) is 4.43. The van der Waals surface area contributed by atoms with Crippen LogP contribution in [0, 0.1) is 0 Å². The Morgan fingerprint density at radius 2 is 1.41 bits per heavy atom. The molecule has 0 fully saturated rings. The van der Waals surface area contributed by atoms with E-state index in [-0.39, 0.29) is 22.5 Å². The second-order valence-corrected chi connectivity index (χ2v) is 7.21. The lowest BCUT2D eigenvalue weighted by atomic mass is 10.0. The van der Waals surface area contributed by atoms with Crippen molar-refractivity contribution in [2.24, 2.45) is 0 Å². The summed E-state index contributed by atoms with van der Waals surface area (Å²) >= 11 is 0. The largest absolute Gasteiger partial charge is 0.399 e. The molecule has 118 valence electrons. The predicted molar refractivity (Wildman–Crippen MR) is 80.3 cm³/mol. The molecule has 0 aliphatic carbocycles. The van der Waals surface area contributed by atoms with Gasteiger partial charge in [-0.25, -0.2) is 0 Å². The quantitative estimate of drug-likeness (QED) is 0.474. The molecule has 0 amide bonds. The van der Waals surface area contributed by atoms with Gasteiger partial charge in [0, 0.05) is 22.5 Å². The lowest BCUT2D eigenvalue weighted by Crippen LogP contribution is -2.07. The maximum Gasteiger partial charge on any atom is 0.295 e. The van der Waals surface area contributed by atoms with Gasteiger partial charge in [0.2, 0.25) is 0 Å². The van der Waals surface area contributed by atoms with Crippen molar-refractivity contribution < 1.29 is 25.9 Å². The van der Waals surface area contributed by atoms with E-state index < -0.39 is 30.0 Å². The number of benzene rings is 2. The number of anilines is 2. The van der Waals surface area contributed by atoms with Crippen molar-refractivity contribution in [3.05, 3.63) is 36.4 Å². The summed E-state index contributed by atoms with van der Waals surface area (Å²) in [6.07, 6.45) is 0. The molecule has 10 heteroatoms. The summed E-state index contributed by atoms with van der Waals surface area (Å²) in [4.78, 5) is -1.20. The summed E-state index contributed by atoms with van der Waals surface area (Å²) in [5.41, 5.74) is 10.7. The van der Waals surface area contributed by atoms with Crippen molar-refractivity contribution in [2.75, 3.05) is 11.5 Å². The van der Waals surface area contributed by atoms with Gasteiger partial charge in [-0.1, -0.05) is 12.1 Å². The first kappa shape index (κ1) is 16.2. The number of hydrogen-bond donors (Lipinski definition) is 4. The zero-order valence-electron chi connectivity index (χ0n) is 11.0. The fourth-order valence-electron chi connectivity index (χ4n) is 2.01. The zero-order valence-corrected chi connectivity index (χ0v) is 12.6. The number of nitrogens with two attached hydrogens (primary N) is 2. The Kier molecular flexibility index (Phi) is 3.87. The first-order chi connectivity index (χ1) is 10.0. The Labute approximate surface area is 126 Å². The van der Waals surface area contributed by atoms with Gasteiger partial charge in [0.25, 0.3) is 20.2 Å². The molecule has 0 bridgehead atoms. The SMILES string of the molecule is Nc1ccc(-c2c(N)cccc2S(=O)(=O)O)c(S(=O)(=O)O)c1. The maximum atomic E-state index is 11.5. The lowest BCUT2D eigenvalue weighted by molar-refractivity contribution is 0.480. The molecule has 0 aromatic heterocycles. The van der Waals surface area contributed by atoms with Gasteiger partial charge in [0.1, 0.15) is 9.79 Å². The van der Waals surface area contributed by atoms with Crippen LogP contribution in [0.15, 0.2) is 46.2 Å². The van der Waals surface area contributed by atoms with E-state index in [1.807, 2.05) is 0 Å². The van der Waals surface area contributed by atoms with E-state index in [9.17, 15) is 25.9 Å². The third-order valence-corrected chi connectivity index (χ3v) is 4.68. The van der Waals surface area contributed by atoms with Crippen molar-refractivity contribution >= 4 is 31.6 Å². The highest BCUT2D eigenvalue weighted by Crippen LogP contribution is 2.37. The van der Waals surface area contributed by atoms with Crippen LogP contribution in [-0.2, 0) is 20.2 Å². The molecule has 22 heavy (non-hydrogen) atoms. The van der Waals surface area contributed by atoms with Crippen LogP contribution in [0.3, 0.4) is 0 Å². The van der Waals surface area contributed by atoms with Crippen LogP contribution in [0.4, 0.5) is 11.4 Å². The monoisotopic (exact) mass is 344 g/mol. The van der Waals surface area contributed by atoms with Gasteiger partial charge in [-0.15, -0.1) is 0 Å². The highest BCUT2D eigenvalue weighted by Gasteiger charge is 2.24. The molecule has 0 saturated heterocycles. The number of rotatable bonds is 3. The average molecular weight is 344 g/mol. The first-order valence-corrected chi connectivity index (χ1v) is 8.63. The molecule has 2 aromatic rings. The van der Waals surface area contributed by atoms with Crippen LogP contribution in [-0.4, -0.2) is 25.9 Å². The van der Waals surface area contributed by atoms with E-state index in [0.717, 1.165) is 12.1 Å². The third kappa shape index (κ3) is 3.04. The van der Waals surface area contributed by atoms with Gasteiger partial charge in [-0.05, 0) is 24.3 Å². The molecule has 0 radical (unpaired) electrons. The van der Waals surface area contributed by atoms with Crippen molar-refractivity contribution in [1.29, 1.82) is 0 Å². The second kappa shape index (κ2) is 5.25. The fourth-order valence-corrected chi connectivity index (χ4v) is 3.48. The lowest BCUT2D eigenvalue weighted by Gasteiger charge is -2.14. The molecule has 0 unspecified atom stereocenters. The Bertz CT molecular complexity index is 952. The Hall–Kier alpha value is -2.14. The molecule has 0 aliphatic rings. The molecule has 2 rings (SSSR count). The maximum absolute atomic E-state index is 11.5. The molecular weight excluding hydrogens is 332 g/mol. The zero-order chi connectivity index (χ0) is 16.7. The standard InChI is InChI=1S/C12H12N2O6S2/c13-7-4-5-8(11(6-7)22(18,19)20)12-9(14)2-1-3-10(12)21(15,16)17/h1-6H,13-14H2,(H,15,16,17)(H,18,19,20). The predicted octanol–water partition coefficient (Wildman–Crippen LogP) is 1.01. The Balaban J connectivity index is 2.97. The Morgan fingerprint density at radius 1 is 0.818 bits per heavy atom.